The Morgan fingerprint density at radius 3 is 1.88 bits per heavy atom. The Bertz CT molecular complexity index is 3310. The van der Waals surface area contributed by atoms with E-state index in [2.05, 4.69) is 205 Å². The summed E-state index contributed by atoms with van der Waals surface area (Å²) in [5.74, 6) is 0.757. The molecule has 5 heteroatoms. The first-order chi connectivity index (χ1) is 28.3. The molecule has 0 bridgehead atoms. The van der Waals surface area contributed by atoms with Gasteiger partial charge >= 0.3 is 320 Å². The van der Waals surface area contributed by atoms with Gasteiger partial charge in [-0.25, -0.2) is 0 Å². The first-order valence-corrected chi connectivity index (χ1v) is 24.4. The summed E-state index contributed by atoms with van der Waals surface area (Å²) >= 11 is -1.80. The molecule has 0 atom stereocenters. The Labute approximate surface area is 336 Å². The van der Waals surface area contributed by atoms with E-state index in [1.807, 2.05) is 11.3 Å². The van der Waals surface area contributed by atoms with Gasteiger partial charge in [0.1, 0.15) is 0 Å². The third-order valence-electron chi connectivity index (χ3n) is 11.9. The van der Waals surface area contributed by atoms with Gasteiger partial charge in [-0.3, -0.25) is 0 Å². The number of fused-ring (bicyclic) bond motifs is 9. The Balaban J connectivity index is 1.17. The summed E-state index contributed by atoms with van der Waals surface area (Å²) < 4.78 is 10.4. The molecule has 1 aliphatic rings. The van der Waals surface area contributed by atoms with Crippen LogP contribution in [-0.4, -0.2) is 27.8 Å². The van der Waals surface area contributed by atoms with E-state index >= 15 is 0 Å². The molecule has 0 fully saturated rings. The van der Waals surface area contributed by atoms with Gasteiger partial charge < -0.3 is 0 Å². The molecule has 12 rings (SSSR count). The Kier molecular flexibility index (Phi) is 7.28. The average Bonchev–Trinajstić information content (AvgIpc) is 3.92. The molecule has 0 N–H and O–H groups in total. The normalized spacial score (nSPS) is 13.1. The molecule has 0 radical (unpaired) electrons. The predicted molar refractivity (Wildman–Crippen MR) is 243 cm³/mol. The van der Waals surface area contributed by atoms with E-state index < -0.39 is 13.3 Å². The summed E-state index contributed by atoms with van der Waals surface area (Å²) in [5, 5.41) is 5.12. The van der Waals surface area contributed by atoms with Gasteiger partial charge in [-0.05, 0) is 6.07 Å². The van der Waals surface area contributed by atoms with Crippen LogP contribution in [0.5, 0.6) is 0 Å². The molecule has 8 aromatic carbocycles. The van der Waals surface area contributed by atoms with Crippen LogP contribution in [-0.2, 0) is 0 Å². The second-order valence-corrected chi connectivity index (χ2v) is 23.7. The molecule has 0 spiro atoms. The SMILES string of the molecule is c1ccc(-c2nc(-c3cccc(-n4c5ccccc5c5cc6sc7ccccc7c6cc54)c3)c3[c](n2)[Ge]([c]2ccccc2)([c]2ccccc2)[c]2ccccc2-3)cc1. The van der Waals surface area contributed by atoms with Crippen LogP contribution in [0.25, 0.3) is 81.4 Å². The summed E-state index contributed by atoms with van der Waals surface area (Å²) in [6, 6.07) is 73.3. The number of nitrogens with zero attached hydrogens (tertiary/aromatic N) is 3. The minimum absolute atomic E-state index is 0.757. The molecule has 0 aliphatic carbocycles. The molecule has 0 saturated heterocycles. The summed E-state index contributed by atoms with van der Waals surface area (Å²) in [7, 11) is 0. The van der Waals surface area contributed by atoms with E-state index in [0.717, 1.165) is 33.9 Å². The zero-order chi connectivity index (χ0) is 37.5. The fourth-order valence-electron chi connectivity index (χ4n) is 9.45. The quantitative estimate of drug-likeness (QED) is 0.162. The van der Waals surface area contributed by atoms with Gasteiger partial charge in [0.15, 0.2) is 0 Å². The number of hydrogen-bond acceptors (Lipinski definition) is 3. The number of hydrogen-bond donors (Lipinski definition) is 0. The van der Waals surface area contributed by atoms with Crippen molar-refractivity contribution in [2.45, 2.75) is 0 Å². The van der Waals surface area contributed by atoms with Crippen LogP contribution >= 0.6 is 11.3 Å². The summed E-state index contributed by atoms with van der Waals surface area (Å²) in [4.78, 5) is 11.3. The van der Waals surface area contributed by atoms with Crippen LogP contribution in [0.15, 0.2) is 200 Å². The molecule has 57 heavy (non-hydrogen) atoms. The molecule has 0 unspecified atom stereocenters. The van der Waals surface area contributed by atoms with Crippen molar-refractivity contribution in [2.75, 3.05) is 0 Å². The standard InChI is InChI=1S/C52H33GeN3S/c1-4-17-34(18-5-1)52-54-50(49-41-27-10-13-28-44(41)53(51(49)55-52,36-20-6-2-7-21-36)37-22-8-3-9-23-37)35-19-16-24-38(31-35)56-45-29-14-11-25-39(45)42-33-48-43(32-46(42)56)40-26-12-15-30-47(40)57-48/h1-33H. The fourth-order valence-corrected chi connectivity index (χ4v) is 21.1. The topological polar surface area (TPSA) is 30.7 Å². The van der Waals surface area contributed by atoms with E-state index in [1.165, 1.54) is 65.3 Å². The van der Waals surface area contributed by atoms with Gasteiger partial charge in [0.25, 0.3) is 0 Å². The van der Waals surface area contributed by atoms with Gasteiger partial charge in [0.2, 0.25) is 0 Å². The van der Waals surface area contributed by atoms with Crippen LogP contribution in [0, 0.1) is 0 Å². The van der Waals surface area contributed by atoms with E-state index in [9.17, 15) is 0 Å². The second-order valence-electron chi connectivity index (χ2n) is 14.9. The second kappa shape index (κ2) is 12.7. The van der Waals surface area contributed by atoms with Crippen molar-refractivity contribution in [2.24, 2.45) is 0 Å². The number of aromatic nitrogens is 3. The fraction of sp³-hybridized carbons (Fsp3) is 0. The van der Waals surface area contributed by atoms with Gasteiger partial charge in [-0.2, -0.15) is 0 Å². The number of rotatable bonds is 5. The van der Waals surface area contributed by atoms with Gasteiger partial charge in [-0.1, -0.05) is 12.1 Å². The van der Waals surface area contributed by atoms with E-state index in [0.29, 0.717) is 0 Å². The van der Waals surface area contributed by atoms with Gasteiger partial charge in [0.05, 0.1) is 0 Å². The Morgan fingerprint density at radius 1 is 0.439 bits per heavy atom. The number of benzene rings is 8. The number of thiophene rings is 1. The summed E-state index contributed by atoms with van der Waals surface area (Å²) in [5.41, 5.74) is 8.96. The molecule has 0 amide bonds. The zero-order valence-corrected chi connectivity index (χ0v) is 33.7. The third kappa shape index (κ3) is 4.78. The summed E-state index contributed by atoms with van der Waals surface area (Å²) in [6.45, 7) is 0. The molecule has 3 aromatic heterocycles. The van der Waals surface area contributed by atoms with Crippen molar-refractivity contribution in [1.82, 2.24) is 14.5 Å². The van der Waals surface area contributed by atoms with E-state index in [-0.39, 0.29) is 0 Å². The zero-order valence-electron chi connectivity index (χ0n) is 30.8. The van der Waals surface area contributed by atoms with Crippen LogP contribution in [0.3, 0.4) is 0 Å². The van der Waals surface area contributed by atoms with Crippen molar-refractivity contribution in [1.29, 1.82) is 0 Å². The maximum atomic E-state index is 5.70. The van der Waals surface area contributed by atoms with Crippen LogP contribution in [0.4, 0.5) is 0 Å². The molecular formula is C52H33GeN3S. The van der Waals surface area contributed by atoms with Crippen LogP contribution in [0.1, 0.15) is 0 Å². The van der Waals surface area contributed by atoms with Crippen molar-refractivity contribution >= 4 is 84.3 Å². The van der Waals surface area contributed by atoms with Crippen molar-refractivity contribution in [3.63, 3.8) is 0 Å². The van der Waals surface area contributed by atoms with Crippen LogP contribution in [0.2, 0.25) is 0 Å². The van der Waals surface area contributed by atoms with Crippen molar-refractivity contribution in [3.05, 3.63) is 200 Å². The minimum atomic E-state index is -3.67. The molecule has 4 heterocycles. The molecular weight excluding hydrogens is 771 g/mol. The molecule has 3 nitrogen and oxygen atoms in total. The van der Waals surface area contributed by atoms with Gasteiger partial charge in [-0.15, -0.1) is 0 Å². The van der Waals surface area contributed by atoms with E-state index in [4.69, 9.17) is 9.97 Å². The third-order valence-corrected chi connectivity index (χ3v) is 22.9. The molecule has 1 aliphatic heterocycles. The maximum absolute atomic E-state index is 5.70. The monoisotopic (exact) mass is 805 g/mol. The van der Waals surface area contributed by atoms with Crippen LogP contribution < -0.4 is 17.7 Å². The Hall–Kier alpha value is -6.60. The summed E-state index contributed by atoms with van der Waals surface area (Å²) in [6.07, 6.45) is 0. The average molecular weight is 805 g/mol. The van der Waals surface area contributed by atoms with E-state index in [1.54, 1.807) is 0 Å². The first-order valence-electron chi connectivity index (χ1n) is 19.4. The first kappa shape index (κ1) is 32.6. The van der Waals surface area contributed by atoms with Gasteiger partial charge in [0, 0.05) is 0 Å². The number of para-hydroxylation sites is 1. The van der Waals surface area contributed by atoms with Crippen molar-refractivity contribution < 1.29 is 0 Å². The molecule has 0 saturated carbocycles. The van der Waals surface area contributed by atoms with Crippen molar-refractivity contribution in [3.8, 4) is 39.5 Å². The molecule has 11 aromatic rings. The molecule has 266 valence electrons. The predicted octanol–water partition coefficient (Wildman–Crippen LogP) is 10.6. The Morgan fingerprint density at radius 2 is 1.09 bits per heavy atom.